The van der Waals surface area contributed by atoms with Crippen LogP contribution in [-0.4, -0.2) is 18.0 Å². The summed E-state index contributed by atoms with van der Waals surface area (Å²) in [4.78, 5) is 23.5. The van der Waals surface area contributed by atoms with E-state index in [1.807, 2.05) is 6.92 Å². The van der Waals surface area contributed by atoms with Gasteiger partial charge in [-0.05, 0) is 38.3 Å². The van der Waals surface area contributed by atoms with Crippen LogP contribution in [0.15, 0.2) is 18.2 Å². The second-order valence-electron chi connectivity index (χ2n) is 5.68. The number of halogens is 2. The standard InChI is InChI=1S/C18H24Cl2O4/c1-3-4-5-8-13(2)23-16(21)11-7-12-17(22)24-15-10-6-9-14(19)18(15)20/h6,9-10,13H,3-5,7-8,11-12H2,1-2H3. The van der Waals surface area contributed by atoms with Gasteiger partial charge < -0.3 is 9.47 Å². The highest BCUT2D eigenvalue weighted by Crippen LogP contribution is 2.31. The first-order valence-electron chi connectivity index (χ1n) is 8.28. The van der Waals surface area contributed by atoms with E-state index in [0.29, 0.717) is 11.4 Å². The first-order chi connectivity index (χ1) is 11.4. The summed E-state index contributed by atoms with van der Waals surface area (Å²) < 4.78 is 10.4. The van der Waals surface area contributed by atoms with Crippen LogP contribution < -0.4 is 4.74 Å². The van der Waals surface area contributed by atoms with Crippen LogP contribution in [0, 0.1) is 0 Å². The lowest BCUT2D eigenvalue weighted by atomic mass is 10.1. The topological polar surface area (TPSA) is 52.6 Å². The third-order valence-corrected chi connectivity index (χ3v) is 4.25. The van der Waals surface area contributed by atoms with Crippen molar-refractivity contribution < 1.29 is 19.1 Å². The Morgan fingerprint density at radius 1 is 1.08 bits per heavy atom. The Balaban J connectivity index is 2.25. The fraction of sp³-hybridized carbons (Fsp3) is 0.556. The molecule has 0 heterocycles. The van der Waals surface area contributed by atoms with Gasteiger partial charge in [-0.25, -0.2) is 0 Å². The average molecular weight is 375 g/mol. The Bertz CT molecular complexity index is 546. The van der Waals surface area contributed by atoms with Crippen molar-refractivity contribution in [2.24, 2.45) is 0 Å². The number of ether oxygens (including phenoxy) is 2. The number of carbonyl (C=O) groups is 2. The molecule has 1 rings (SSSR count). The van der Waals surface area contributed by atoms with Gasteiger partial charge in [0.05, 0.1) is 11.1 Å². The van der Waals surface area contributed by atoms with Gasteiger partial charge >= 0.3 is 11.9 Å². The maximum atomic E-state index is 11.8. The van der Waals surface area contributed by atoms with E-state index >= 15 is 0 Å². The Kier molecular flexibility index (Phi) is 9.80. The molecule has 134 valence electrons. The maximum absolute atomic E-state index is 11.8. The van der Waals surface area contributed by atoms with Gasteiger partial charge in [-0.3, -0.25) is 9.59 Å². The minimum atomic E-state index is -0.456. The summed E-state index contributed by atoms with van der Waals surface area (Å²) in [5.74, 6) is -0.517. The number of hydrogen-bond acceptors (Lipinski definition) is 4. The molecule has 0 radical (unpaired) electrons. The van der Waals surface area contributed by atoms with Gasteiger partial charge in [-0.1, -0.05) is 49.0 Å². The Labute approximate surface area is 153 Å². The third kappa shape index (κ3) is 8.02. The molecule has 0 aromatic heterocycles. The van der Waals surface area contributed by atoms with Crippen molar-refractivity contribution in [3.63, 3.8) is 0 Å². The molecule has 0 bridgehead atoms. The third-order valence-electron chi connectivity index (χ3n) is 3.45. The van der Waals surface area contributed by atoms with Crippen LogP contribution >= 0.6 is 23.2 Å². The Morgan fingerprint density at radius 3 is 2.50 bits per heavy atom. The fourth-order valence-electron chi connectivity index (χ4n) is 2.14. The summed E-state index contributed by atoms with van der Waals surface area (Å²) in [6, 6.07) is 4.82. The van der Waals surface area contributed by atoms with Gasteiger partial charge in [0.25, 0.3) is 0 Å². The number of unbranched alkanes of at least 4 members (excludes halogenated alkanes) is 2. The lowest BCUT2D eigenvalue weighted by Gasteiger charge is -2.12. The first-order valence-corrected chi connectivity index (χ1v) is 9.03. The molecule has 0 spiro atoms. The van der Waals surface area contributed by atoms with E-state index in [-0.39, 0.29) is 35.7 Å². The van der Waals surface area contributed by atoms with Crippen molar-refractivity contribution in [1.82, 2.24) is 0 Å². The van der Waals surface area contributed by atoms with Crippen LogP contribution in [0.5, 0.6) is 5.75 Å². The zero-order valence-corrected chi connectivity index (χ0v) is 15.7. The van der Waals surface area contributed by atoms with Gasteiger partial charge in [-0.15, -0.1) is 0 Å². The molecule has 0 saturated carbocycles. The minimum absolute atomic E-state index is 0.0822. The van der Waals surface area contributed by atoms with Crippen LogP contribution in [0.4, 0.5) is 0 Å². The first kappa shape index (κ1) is 20.8. The van der Waals surface area contributed by atoms with Crippen LogP contribution in [0.1, 0.15) is 58.8 Å². The van der Waals surface area contributed by atoms with Gasteiger partial charge in [0.1, 0.15) is 5.02 Å². The Hall–Kier alpha value is -1.26. The molecule has 24 heavy (non-hydrogen) atoms. The van der Waals surface area contributed by atoms with E-state index in [2.05, 4.69) is 6.92 Å². The molecule has 0 N–H and O–H groups in total. The van der Waals surface area contributed by atoms with E-state index < -0.39 is 5.97 Å². The van der Waals surface area contributed by atoms with Crippen LogP contribution in [0.25, 0.3) is 0 Å². The van der Waals surface area contributed by atoms with Crippen molar-refractivity contribution in [2.75, 3.05) is 0 Å². The normalized spacial score (nSPS) is 11.8. The number of esters is 2. The maximum Gasteiger partial charge on any atom is 0.311 e. The monoisotopic (exact) mass is 374 g/mol. The lowest BCUT2D eigenvalue weighted by Crippen LogP contribution is -2.15. The molecule has 0 fully saturated rings. The highest BCUT2D eigenvalue weighted by molar-refractivity contribution is 6.43. The largest absolute Gasteiger partial charge is 0.463 e. The minimum Gasteiger partial charge on any atom is -0.463 e. The predicted octanol–water partition coefficient (Wildman–Crippen LogP) is 5.58. The molecule has 4 nitrogen and oxygen atoms in total. The van der Waals surface area contributed by atoms with E-state index in [0.717, 1.165) is 25.7 Å². The van der Waals surface area contributed by atoms with Gasteiger partial charge in [0.2, 0.25) is 0 Å². The van der Waals surface area contributed by atoms with Crippen LogP contribution in [-0.2, 0) is 14.3 Å². The molecule has 1 unspecified atom stereocenters. The molecular weight excluding hydrogens is 351 g/mol. The van der Waals surface area contributed by atoms with Gasteiger partial charge in [0.15, 0.2) is 5.75 Å². The summed E-state index contributed by atoms with van der Waals surface area (Å²) in [6.07, 6.45) is 4.79. The SMILES string of the molecule is CCCCCC(C)OC(=O)CCCC(=O)Oc1cccc(Cl)c1Cl. The summed E-state index contributed by atoms with van der Waals surface area (Å²) in [6.45, 7) is 4.02. The van der Waals surface area contributed by atoms with Crippen LogP contribution in [0.3, 0.4) is 0 Å². The molecule has 0 aliphatic rings. The number of carbonyl (C=O) groups excluding carboxylic acids is 2. The summed E-state index contributed by atoms with van der Waals surface area (Å²) in [5, 5.41) is 0.524. The van der Waals surface area contributed by atoms with Crippen molar-refractivity contribution in [3.05, 3.63) is 28.2 Å². The van der Waals surface area contributed by atoms with Gasteiger partial charge in [-0.2, -0.15) is 0 Å². The molecular formula is C18H24Cl2O4. The van der Waals surface area contributed by atoms with E-state index in [1.165, 1.54) is 0 Å². The van der Waals surface area contributed by atoms with Crippen molar-refractivity contribution in [3.8, 4) is 5.75 Å². The fourth-order valence-corrected chi connectivity index (χ4v) is 2.47. The number of hydrogen-bond donors (Lipinski definition) is 0. The highest BCUT2D eigenvalue weighted by atomic mass is 35.5. The van der Waals surface area contributed by atoms with E-state index in [4.69, 9.17) is 32.7 Å². The predicted molar refractivity (Wildman–Crippen MR) is 95.6 cm³/mol. The van der Waals surface area contributed by atoms with Crippen molar-refractivity contribution in [1.29, 1.82) is 0 Å². The molecule has 6 heteroatoms. The zero-order chi connectivity index (χ0) is 17.9. The molecule has 0 saturated heterocycles. The van der Waals surface area contributed by atoms with E-state index in [1.54, 1.807) is 18.2 Å². The number of benzene rings is 1. The Morgan fingerprint density at radius 2 is 1.79 bits per heavy atom. The van der Waals surface area contributed by atoms with E-state index in [9.17, 15) is 9.59 Å². The van der Waals surface area contributed by atoms with Crippen molar-refractivity contribution in [2.45, 2.75) is 64.9 Å². The zero-order valence-electron chi connectivity index (χ0n) is 14.1. The smallest absolute Gasteiger partial charge is 0.311 e. The second kappa shape index (κ2) is 11.3. The number of rotatable bonds is 10. The molecule has 0 amide bonds. The molecule has 1 aromatic carbocycles. The molecule has 1 aromatic rings. The van der Waals surface area contributed by atoms with Gasteiger partial charge in [0, 0.05) is 12.8 Å². The lowest BCUT2D eigenvalue weighted by molar-refractivity contribution is -0.148. The molecule has 0 aliphatic heterocycles. The summed E-state index contributed by atoms with van der Waals surface area (Å²) in [7, 11) is 0. The summed E-state index contributed by atoms with van der Waals surface area (Å²) >= 11 is 11.8. The highest BCUT2D eigenvalue weighted by Gasteiger charge is 2.13. The van der Waals surface area contributed by atoms with Crippen LogP contribution in [0.2, 0.25) is 10.0 Å². The summed E-state index contributed by atoms with van der Waals surface area (Å²) in [5.41, 5.74) is 0. The average Bonchev–Trinajstić information content (AvgIpc) is 2.52. The van der Waals surface area contributed by atoms with Crippen molar-refractivity contribution >= 4 is 35.1 Å². The second-order valence-corrected chi connectivity index (χ2v) is 6.46. The molecule has 1 atom stereocenters. The quantitative estimate of drug-likeness (QED) is 0.304. The molecule has 0 aliphatic carbocycles.